The van der Waals surface area contributed by atoms with Crippen molar-refractivity contribution < 1.29 is 9.47 Å². The number of nitrogens with zero attached hydrogens (tertiary/aromatic N) is 5. The number of nitrogens with one attached hydrogen (secondary N) is 1. The molecular formula is C18H14N6O2. The zero-order valence-electron chi connectivity index (χ0n) is 13.7. The van der Waals surface area contributed by atoms with Gasteiger partial charge in [-0.15, -0.1) is 0 Å². The summed E-state index contributed by atoms with van der Waals surface area (Å²) in [5.74, 6) is 2.83. The minimum absolute atomic E-state index is 0.547. The number of benzene rings is 1. The monoisotopic (exact) mass is 346 g/mol. The van der Waals surface area contributed by atoms with Crippen LogP contribution in [-0.2, 0) is 0 Å². The molecule has 0 saturated heterocycles. The van der Waals surface area contributed by atoms with Crippen LogP contribution in [0.15, 0.2) is 55.1 Å². The smallest absolute Gasteiger partial charge is 0.170 e. The van der Waals surface area contributed by atoms with E-state index in [9.17, 15) is 0 Å². The first-order valence-corrected chi connectivity index (χ1v) is 8.15. The van der Waals surface area contributed by atoms with Crippen molar-refractivity contribution in [1.82, 2.24) is 24.7 Å². The molecule has 128 valence electrons. The number of anilines is 2. The molecule has 0 atom stereocenters. The summed E-state index contributed by atoms with van der Waals surface area (Å²) in [7, 11) is 0. The minimum atomic E-state index is 0.547. The highest BCUT2D eigenvalue weighted by molar-refractivity contribution is 5.89. The Balaban J connectivity index is 1.53. The van der Waals surface area contributed by atoms with Gasteiger partial charge < -0.3 is 14.8 Å². The summed E-state index contributed by atoms with van der Waals surface area (Å²) >= 11 is 0. The molecule has 4 heterocycles. The van der Waals surface area contributed by atoms with Crippen molar-refractivity contribution in [1.29, 1.82) is 0 Å². The third-order valence-electron chi connectivity index (χ3n) is 4.04. The fourth-order valence-corrected chi connectivity index (χ4v) is 2.85. The SMILES string of the molecule is c1ccc(-n2ncc3c(Nc4ccc5c(c4)OCCO5)ncnc32)nc1. The maximum absolute atomic E-state index is 5.63. The van der Waals surface area contributed by atoms with Gasteiger partial charge in [0.1, 0.15) is 25.4 Å². The van der Waals surface area contributed by atoms with E-state index in [0.717, 1.165) is 22.6 Å². The largest absolute Gasteiger partial charge is 0.486 e. The Morgan fingerprint density at radius 2 is 1.88 bits per heavy atom. The lowest BCUT2D eigenvalue weighted by Gasteiger charge is -2.19. The van der Waals surface area contributed by atoms with E-state index in [2.05, 4.69) is 25.4 Å². The second-order valence-corrected chi connectivity index (χ2v) is 5.69. The summed E-state index contributed by atoms with van der Waals surface area (Å²) in [5, 5.41) is 8.51. The fourth-order valence-electron chi connectivity index (χ4n) is 2.85. The van der Waals surface area contributed by atoms with Crippen LogP contribution in [-0.4, -0.2) is 37.9 Å². The number of pyridine rings is 1. The number of fused-ring (bicyclic) bond motifs is 2. The van der Waals surface area contributed by atoms with Gasteiger partial charge in [-0.3, -0.25) is 0 Å². The molecule has 1 N–H and O–H groups in total. The van der Waals surface area contributed by atoms with Crippen molar-refractivity contribution in [3.05, 3.63) is 55.1 Å². The average Bonchev–Trinajstić information content (AvgIpc) is 3.14. The maximum atomic E-state index is 5.63. The molecule has 0 amide bonds. The van der Waals surface area contributed by atoms with Crippen LogP contribution in [0.1, 0.15) is 0 Å². The van der Waals surface area contributed by atoms with E-state index in [1.165, 1.54) is 6.33 Å². The summed E-state index contributed by atoms with van der Waals surface area (Å²) in [6, 6.07) is 11.3. The summed E-state index contributed by atoms with van der Waals surface area (Å²) in [4.78, 5) is 13.0. The molecule has 1 aromatic carbocycles. The quantitative estimate of drug-likeness (QED) is 0.610. The van der Waals surface area contributed by atoms with Gasteiger partial charge in [-0.05, 0) is 24.3 Å². The van der Waals surface area contributed by atoms with Gasteiger partial charge in [-0.1, -0.05) is 6.07 Å². The van der Waals surface area contributed by atoms with Crippen molar-refractivity contribution in [2.45, 2.75) is 0 Å². The van der Waals surface area contributed by atoms with E-state index < -0.39 is 0 Å². The van der Waals surface area contributed by atoms with Crippen molar-refractivity contribution in [2.75, 3.05) is 18.5 Å². The van der Waals surface area contributed by atoms with Gasteiger partial charge in [0.05, 0.1) is 11.6 Å². The molecule has 0 aliphatic carbocycles. The highest BCUT2D eigenvalue weighted by Crippen LogP contribution is 2.34. The lowest BCUT2D eigenvalue weighted by Crippen LogP contribution is -2.15. The molecule has 1 aliphatic rings. The zero-order valence-corrected chi connectivity index (χ0v) is 13.7. The van der Waals surface area contributed by atoms with E-state index in [1.54, 1.807) is 17.1 Å². The Hall–Kier alpha value is -3.68. The van der Waals surface area contributed by atoms with E-state index >= 15 is 0 Å². The van der Waals surface area contributed by atoms with Crippen LogP contribution < -0.4 is 14.8 Å². The third kappa shape index (κ3) is 2.48. The second kappa shape index (κ2) is 5.99. The highest BCUT2D eigenvalue weighted by Gasteiger charge is 2.14. The average molecular weight is 346 g/mol. The Kier molecular flexibility index (Phi) is 3.38. The Morgan fingerprint density at radius 3 is 2.77 bits per heavy atom. The standard InChI is InChI=1S/C18H14N6O2/c1-2-6-19-16(3-1)24-18-13(10-22-24)17(20-11-21-18)23-12-4-5-14-15(9-12)26-8-7-25-14/h1-6,9-11H,7-8H2,(H,20,21,23). The van der Waals surface area contributed by atoms with Crippen LogP contribution in [0, 0.1) is 0 Å². The molecule has 8 heteroatoms. The van der Waals surface area contributed by atoms with Crippen LogP contribution >= 0.6 is 0 Å². The van der Waals surface area contributed by atoms with Gasteiger partial charge >= 0.3 is 0 Å². The van der Waals surface area contributed by atoms with Crippen molar-refractivity contribution >= 4 is 22.5 Å². The topological polar surface area (TPSA) is 87.0 Å². The van der Waals surface area contributed by atoms with Gasteiger partial charge in [0.15, 0.2) is 23.0 Å². The van der Waals surface area contributed by atoms with E-state index in [0.29, 0.717) is 30.5 Å². The lowest BCUT2D eigenvalue weighted by atomic mass is 10.2. The molecule has 4 aromatic rings. The second-order valence-electron chi connectivity index (χ2n) is 5.69. The number of aromatic nitrogens is 5. The first kappa shape index (κ1) is 14.6. The summed E-state index contributed by atoms with van der Waals surface area (Å²) in [5.41, 5.74) is 1.53. The Morgan fingerprint density at radius 1 is 0.962 bits per heavy atom. The zero-order chi connectivity index (χ0) is 17.3. The molecule has 0 radical (unpaired) electrons. The summed E-state index contributed by atoms with van der Waals surface area (Å²) in [6.45, 7) is 1.12. The highest BCUT2D eigenvalue weighted by atomic mass is 16.6. The number of rotatable bonds is 3. The third-order valence-corrected chi connectivity index (χ3v) is 4.04. The van der Waals surface area contributed by atoms with Gasteiger partial charge in [0, 0.05) is 18.0 Å². The number of hydrogen-bond acceptors (Lipinski definition) is 7. The molecule has 3 aromatic heterocycles. The molecule has 0 bridgehead atoms. The molecule has 0 fully saturated rings. The van der Waals surface area contributed by atoms with Crippen molar-refractivity contribution in [3.8, 4) is 17.3 Å². The summed E-state index contributed by atoms with van der Waals surface area (Å²) in [6.07, 6.45) is 4.95. The normalized spacial score (nSPS) is 12.9. The minimum Gasteiger partial charge on any atom is -0.486 e. The van der Waals surface area contributed by atoms with E-state index in [1.807, 2.05) is 36.4 Å². The van der Waals surface area contributed by atoms with Gasteiger partial charge in [-0.25, -0.2) is 15.0 Å². The molecular weight excluding hydrogens is 332 g/mol. The van der Waals surface area contributed by atoms with Gasteiger partial charge in [-0.2, -0.15) is 9.78 Å². The molecule has 0 spiro atoms. The van der Waals surface area contributed by atoms with Crippen LogP contribution in [0.25, 0.3) is 16.9 Å². The number of hydrogen-bond donors (Lipinski definition) is 1. The molecule has 26 heavy (non-hydrogen) atoms. The van der Waals surface area contributed by atoms with Crippen LogP contribution in [0.2, 0.25) is 0 Å². The molecule has 0 saturated carbocycles. The molecule has 1 aliphatic heterocycles. The molecule has 0 unspecified atom stereocenters. The fraction of sp³-hybridized carbons (Fsp3) is 0.111. The van der Waals surface area contributed by atoms with Gasteiger partial charge in [0.2, 0.25) is 0 Å². The summed E-state index contributed by atoms with van der Waals surface area (Å²) < 4.78 is 12.9. The molecule has 5 rings (SSSR count). The van der Waals surface area contributed by atoms with E-state index in [4.69, 9.17) is 9.47 Å². The first-order chi connectivity index (χ1) is 12.9. The van der Waals surface area contributed by atoms with Crippen LogP contribution in [0.3, 0.4) is 0 Å². The van der Waals surface area contributed by atoms with Crippen LogP contribution in [0.4, 0.5) is 11.5 Å². The molecule has 8 nitrogen and oxygen atoms in total. The maximum Gasteiger partial charge on any atom is 0.170 e. The van der Waals surface area contributed by atoms with Crippen LogP contribution in [0.5, 0.6) is 11.5 Å². The number of ether oxygens (including phenoxy) is 2. The van der Waals surface area contributed by atoms with E-state index in [-0.39, 0.29) is 0 Å². The predicted molar refractivity (Wildman–Crippen MR) is 95.2 cm³/mol. The lowest BCUT2D eigenvalue weighted by molar-refractivity contribution is 0.171. The van der Waals surface area contributed by atoms with Crippen molar-refractivity contribution in [2.24, 2.45) is 0 Å². The Labute approximate surface area is 148 Å². The van der Waals surface area contributed by atoms with Crippen molar-refractivity contribution in [3.63, 3.8) is 0 Å². The van der Waals surface area contributed by atoms with Gasteiger partial charge in [0.25, 0.3) is 0 Å². The predicted octanol–water partition coefficient (Wildman–Crippen LogP) is 2.73. The Bertz CT molecular complexity index is 1080. The first-order valence-electron chi connectivity index (χ1n) is 8.15.